The number of methoxy groups -OCH3 is 1. The zero-order valence-corrected chi connectivity index (χ0v) is 13.1. The molecule has 2 aromatic rings. The summed E-state index contributed by atoms with van der Waals surface area (Å²) in [6.07, 6.45) is 3.07. The number of ether oxygens (including phenoxy) is 1. The van der Waals surface area contributed by atoms with Gasteiger partial charge in [0, 0.05) is 11.1 Å². The van der Waals surface area contributed by atoms with Gasteiger partial charge < -0.3 is 9.84 Å². The van der Waals surface area contributed by atoms with Crippen molar-refractivity contribution >= 4 is 17.8 Å². The van der Waals surface area contributed by atoms with Crippen LogP contribution in [-0.4, -0.2) is 24.0 Å². The smallest absolute Gasteiger partial charge is 0.307 e. The predicted octanol–water partition coefficient (Wildman–Crippen LogP) is 3.53. The first-order valence-corrected chi connectivity index (χ1v) is 7.18. The quantitative estimate of drug-likeness (QED) is 0.655. The Morgan fingerprint density at radius 2 is 1.91 bits per heavy atom. The summed E-state index contributed by atoms with van der Waals surface area (Å²) in [6, 6.07) is 12.6. The molecule has 0 heterocycles. The molecule has 0 saturated heterocycles. The molecular weight excluding hydrogens is 292 g/mol. The third kappa shape index (κ3) is 4.30. The molecule has 2 rings (SSSR count). The normalized spacial score (nSPS) is 10.7. The highest BCUT2D eigenvalue weighted by Crippen LogP contribution is 2.21. The number of hydrogen-bond acceptors (Lipinski definition) is 3. The van der Waals surface area contributed by atoms with E-state index in [0.717, 1.165) is 11.1 Å². The first kappa shape index (κ1) is 16.5. The molecule has 4 heteroatoms. The average Bonchev–Trinajstić information content (AvgIpc) is 2.53. The van der Waals surface area contributed by atoms with Crippen LogP contribution in [0.3, 0.4) is 0 Å². The molecular formula is C19H18O4. The van der Waals surface area contributed by atoms with Crippen molar-refractivity contribution in [3.63, 3.8) is 0 Å². The second-order valence-electron chi connectivity index (χ2n) is 5.15. The van der Waals surface area contributed by atoms with Crippen LogP contribution >= 0.6 is 0 Å². The van der Waals surface area contributed by atoms with Crippen molar-refractivity contribution < 1.29 is 19.4 Å². The van der Waals surface area contributed by atoms with Crippen LogP contribution in [0.1, 0.15) is 27.0 Å². The Morgan fingerprint density at radius 1 is 1.17 bits per heavy atom. The molecule has 0 radical (unpaired) electrons. The minimum Gasteiger partial charge on any atom is -0.496 e. The number of carbonyl (C=O) groups excluding carboxylic acids is 1. The van der Waals surface area contributed by atoms with Crippen molar-refractivity contribution in [2.75, 3.05) is 7.11 Å². The molecule has 4 nitrogen and oxygen atoms in total. The Hall–Kier alpha value is -2.88. The molecule has 118 valence electrons. The van der Waals surface area contributed by atoms with Crippen LogP contribution in [0.4, 0.5) is 0 Å². The van der Waals surface area contributed by atoms with Crippen LogP contribution in [0, 0.1) is 6.92 Å². The van der Waals surface area contributed by atoms with E-state index in [-0.39, 0.29) is 12.2 Å². The maximum absolute atomic E-state index is 12.3. The summed E-state index contributed by atoms with van der Waals surface area (Å²) in [5, 5.41) is 8.94. The van der Waals surface area contributed by atoms with Gasteiger partial charge in [0.2, 0.25) is 0 Å². The Morgan fingerprint density at radius 3 is 2.57 bits per heavy atom. The van der Waals surface area contributed by atoms with Crippen molar-refractivity contribution in [2.45, 2.75) is 13.3 Å². The number of carboxylic acids is 1. The van der Waals surface area contributed by atoms with Gasteiger partial charge in [0.25, 0.3) is 0 Å². The second-order valence-corrected chi connectivity index (χ2v) is 5.15. The SMILES string of the molecule is COc1ccc(C(=O)/C=C/c2ccccc2C)cc1CC(=O)O. The fourth-order valence-electron chi connectivity index (χ4n) is 2.27. The highest BCUT2D eigenvalue weighted by atomic mass is 16.5. The molecule has 0 spiro atoms. The summed E-state index contributed by atoms with van der Waals surface area (Å²) in [5.41, 5.74) is 2.97. The Kier molecular flexibility index (Phi) is 5.31. The third-order valence-corrected chi connectivity index (χ3v) is 3.51. The highest BCUT2D eigenvalue weighted by Gasteiger charge is 2.11. The molecule has 0 aliphatic rings. The summed E-state index contributed by atoms with van der Waals surface area (Å²) in [5.74, 6) is -0.683. The van der Waals surface area contributed by atoms with Crippen LogP contribution in [-0.2, 0) is 11.2 Å². The lowest BCUT2D eigenvalue weighted by atomic mass is 10.0. The van der Waals surface area contributed by atoms with Gasteiger partial charge >= 0.3 is 5.97 Å². The molecule has 0 saturated carbocycles. The molecule has 0 aliphatic carbocycles. The minimum atomic E-state index is -0.969. The fraction of sp³-hybridized carbons (Fsp3) is 0.158. The Labute approximate surface area is 135 Å². The largest absolute Gasteiger partial charge is 0.496 e. The van der Waals surface area contributed by atoms with E-state index in [1.165, 1.54) is 13.2 Å². The summed E-state index contributed by atoms with van der Waals surface area (Å²) < 4.78 is 5.13. The van der Waals surface area contributed by atoms with E-state index in [2.05, 4.69) is 0 Å². The lowest BCUT2D eigenvalue weighted by Crippen LogP contribution is -2.04. The van der Waals surface area contributed by atoms with Gasteiger partial charge in [0.05, 0.1) is 13.5 Å². The van der Waals surface area contributed by atoms with Gasteiger partial charge in [-0.1, -0.05) is 30.3 Å². The molecule has 0 aliphatic heterocycles. The van der Waals surface area contributed by atoms with Crippen molar-refractivity contribution in [1.82, 2.24) is 0 Å². The van der Waals surface area contributed by atoms with Gasteiger partial charge in [-0.3, -0.25) is 9.59 Å². The Bertz CT molecular complexity index is 760. The topological polar surface area (TPSA) is 63.6 Å². The number of aliphatic carboxylic acids is 1. The van der Waals surface area contributed by atoms with E-state index in [1.54, 1.807) is 24.3 Å². The molecule has 0 amide bonds. The van der Waals surface area contributed by atoms with E-state index in [9.17, 15) is 9.59 Å². The molecule has 0 unspecified atom stereocenters. The van der Waals surface area contributed by atoms with E-state index >= 15 is 0 Å². The standard InChI is InChI=1S/C19H18O4/c1-13-5-3-4-6-14(13)7-9-17(20)15-8-10-18(23-2)16(11-15)12-19(21)22/h3-11H,12H2,1-2H3,(H,21,22)/b9-7+. The summed E-state index contributed by atoms with van der Waals surface area (Å²) in [4.78, 5) is 23.2. The molecule has 23 heavy (non-hydrogen) atoms. The first-order chi connectivity index (χ1) is 11.0. The van der Waals surface area contributed by atoms with Crippen LogP contribution in [0.2, 0.25) is 0 Å². The van der Waals surface area contributed by atoms with Crippen molar-refractivity contribution in [2.24, 2.45) is 0 Å². The van der Waals surface area contributed by atoms with Gasteiger partial charge in [0.1, 0.15) is 5.75 Å². The van der Waals surface area contributed by atoms with E-state index in [0.29, 0.717) is 16.9 Å². The molecule has 0 fully saturated rings. The number of hydrogen-bond donors (Lipinski definition) is 1. The third-order valence-electron chi connectivity index (χ3n) is 3.51. The number of carboxylic acid groups (broad SMARTS) is 1. The average molecular weight is 310 g/mol. The fourth-order valence-corrected chi connectivity index (χ4v) is 2.27. The van der Waals surface area contributed by atoms with Crippen molar-refractivity contribution in [1.29, 1.82) is 0 Å². The van der Waals surface area contributed by atoms with Crippen LogP contribution in [0.15, 0.2) is 48.5 Å². The summed E-state index contributed by atoms with van der Waals surface area (Å²) in [6.45, 7) is 1.97. The number of benzene rings is 2. The van der Waals surface area contributed by atoms with Crippen LogP contribution in [0.25, 0.3) is 6.08 Å². The van der Waals surface area contributed by atoms with Crippen LogP contribution in [0.5, 0.6) is 5.75 Å². The minimum absolute atomic E-state index is 0.178. The van der Waals surface area contributed by atoms with Gasteiger partial charge in [-0.25, -0.2) is 0 Å². The maximum atomic E-state index is 12.3. The van der Waals surface area contributed by atoms with Gasteiger partial charge in [-0.2, -0.15) is 0 Å². The molecule has 1 N–H and O–H groups in total. The predicted molar refractivity (Wildman–Crippen MR) is 88.9 cm³/mol. The molecule has 0 aromatic heterocycles. The second kappa shape index (κ2) is 7.40. The van der Waals surface area contributed by atoms with Crippen molar-refractivity contribution in [3.05, 3.63) is 70.8 Å². The highest BCUT2D eigenvalue weighted by molar-refractivity contribution is 6.07. The number of ketones is 1. The van der Waals surface area contributed by atoms with Crippen LogP contribution < -0.4 is 4.74 Å². The summed E-state index contributed by atoms with van der Waals surface area (Å²) in [7, 11) is 1.47. The molecule has 0 atom stereocenters. The van der Waals surface area contributed by atoms with Crippen molar-refractivity contribution in [3.8, 4) is 5.75 Å². The van der Waals surface area contributed by atoms with Gasteiger partial charge in [0.15, 0.2) is 5.78 Å². The number of carbonyl (C=O) groups is 2. The van der Waals surface area contributed by atoms with E-state index in [1.807, 2.05) is 31.2 Å². The van der Waals surface area contributed by atoms with E-state index in [4.69, 9.17) is 9.84 Å². The summed E-state index contributed by atoms with van der Waals surface area (Å²) >= 11 is 0. The number of rotatable bonds is 6. The lowest BCUT2D eigenvalue weighted by Gasteiger charge is -2.08. The maximum Gasteiger partial charge on any atom is 0.307 e. The Balaban J connectivity index is 2.25. The van der Waals surface area contributed by atoms with Gasteiger partial charge in [-0.15, -0.1) is 0 Å². The number of aryl methyl sites for hydroxylation is 1. The monoisotopic (exact) mass is 310 g/mol. The van der Waals surface area contributed by atoms with E-state index < -0.39 is 5.97 Å². The lowest BCUT2D eigenvalue weighted by molar-refractivity contribution is -0.136. The zero-order valence-electron chi connectivity index (χ0n) is 13.1. The zero-order chi connectivity index (χ0) is 16.8. The molecule has 0 bridgehead atoms. The number of allylic oxidation sites excluding steroid dienone is 1. The van der Waals surface area contributed by atoms with Gasteiger partial charge in [-0.05, 0) is 42.3 Å². The first-order valence-electron chi connectivity index (χ1n) is 7.18. The molecule has 2 aromatic carbocycles.